The molecule has 1 saturated carbocycles. The standard InChI is InChI=1S/C13H19N3O3/c1-2-16-9-10(8-14-16)15-11(17)7-13(12(18)19)5-3-4-6-13/h8-9H,2-7H2,1H3,(H,15,17)(H,18,19). The van der Waals surface area contributed by atoms with Crippen molar-refractivity contribution >= 4 is 17.6 Å². The van der Waals surface area contributed by atoms with E-state index >= 15 is 0 Å². The van der Waals surface area contributed by atoms with Crippen LogP contribution in [0.2, 0.25) is 0 Å². The summed E-state index contributed by atoms with van der Waals surface area (Å²) in [5.74, 6) is -1.11. The molecule has 0 spiro atoms. The maximum Gasteiger partial charge on any atom is 0.310 e. The van der Waals surface area contributed by atoms with Gasteiger partial charge in [0.15, 0.2) is 0 Å². The Hall–Kier alpha value is -1.85. The molecule has 2 rings (SSSR count). The molecule has 1 heterocycles. The Bertz CT molecular complexity index is 475. The first-order chi connectivity index (χ1) is 9.05. The summed E-state index contributed by atoms with van der Waals surface area (Å²) in [6.45, 7) is 2.69. The first-order valence-corrected chi connectivity index (χ1v) is 6.61. The van der Waals surface area contributed by atoms with Crippen molar-refractivity contribution < 1.29 is 14.7 Å². The van der Waals surface area contributed by atoms with E-state index in [0.717, 1.165) is 19.4 Å². The SMILES string of the molecule is CCn1cc(NC(=O)CC2(C(=O)O)CCCC2)cn1. The number of nitrogens with one attached hydrogen (secondary N) is 1. The van der Waals surface area contributed by atoms with Gasteiger partial charge in [-0.2, -0.15) is 5.10 Å². The zero-order chi connectivity index (χ0) is 13.9. The van der Waals surface area contributed by atoms with Gasteiger partial charge in [0.2, 0.25) is 5.91 Å². The molecule has 1 fully saturated rings. The van der Waals surface area contributed by atoms with E-state index < -0.39 is 11.4 Å². The van der Waals surface area contributed by atoms with E-state index in [-0.39, 0.29) is 12.3 Å². The fourth-order valence-electron chi connectivity index (χ4n) is 2.63. The second kappa shape index (κ2) is 5.42. The van der Waals surface area contributed by atoms with Crippen LogP contribution in [-0.4, -0.2) is 26.8 Å². The average Bonchev–Trinajstić information content (AvgIpc) is 2.98. The molecule has 1 amide bonds. The van der Waals surface area contributed by atoms with E-state index in [1.54, 1.807) is 17.1 Å². The van der Waals surface area contributed by atoms with Gasteiger partial charge in [0.05, 0.1) is 17.3 Å². The zero-order valence-electron chi connectivity index (χ0n) is 11.1. The monoisotopic (exact) mass is 265 g/mol. The lowest BCUT2D eigenvalue weighted by atomic mass is 9.82. The van der Waals surface area contributed by atoms with Crippen LogP contribution in [0.5, 0.6) is 0 Å². The molecule has 0 aromatic carbocycles. The van der Waals surface area contributed by atoms with Crippen LogP contribution in [0, 0.1) is 5.41 Å². The molecule has 0 aliphatic heterocycles. The largest absolute Gasteiger partial charge is 0.481 e. The van der Waals surface area contributed by atoms with Crippen molar-refractivity contribution in [1.82, 2.24) is 9.78 Å². The molecule has 6 nitrogen and oxygen atoms in total. The second-order valence-electron chi connectivity index (χ2n) is 5.10. The topological polar surface area (TPSA) is 84.2 Å². The minimum absolute atomic E-state index is 0.0413. The lowest BCUT2D eigenvalue weighted by Crippen LogP contribution is -2.32. The van der Waals surface area contributed by atoms with E-state index in [1.807, 2.05) is 6.92 Å². The minimum Gasteiger partial charge on any atom is -0.481 e. The van der Waals surface area contributed by atoms with Crippen molar-refractivity contribution in [2.75, 3.05) is 5.32 Å². The number of aromatic nitrogens is 2. The van der Waals surface area contributed by atoms with Gasteiger partial charge in [-0.1, -0.05) is 12.8 Å². The van der Waals surface area contributed by atoms with E-state index in [0.29, 0.717) is 18.5 Å². The number of carboxylic acid groups (broad SMARTS) is 1. The number of nitrogens with zero attached hydrogens (tertiary/aromatic N) is 2. The highest BCUT2D eigenvalue weighted by Crippen LogP contribution is 2.41. The molecular weight excluding hydrogens is 246 g/mol. The summed E-state index contributed by atoms with van der Waals surface area (Å²) in [6, 6.07) is 0. The van der Waals surface area contributed by atoms with Crippen LogP contribution in [0.1, 0.15) is 39.0 Å². The summed E-state index contributed by atoms with van der Waals surface area (Å²) < 4.78 is 1.71. The summed E-state index contributed by atoms with van der Waals surface area (Å²) in [5, 5.41) is 16.1. The first kappa shape index (κ1) is 13.6. The summed E-state index contributed by atoms with van der Waals surface area (Å²) in [6.07, 6.45) is 6.29. The van der Waals surface area contributed by atoms with Gasteiger partial charge in [-0.05, 0) is 19.8 Å². The Balaban J connectivity index is 1.98. The number of anilines is 1. The normalized spacial score (nSPS) is 17.3. The molecule has 104 valence electrons. The van der Waals surface area contributed by atoms with Gasteiger partial charge in [-0.15, -0.1) is 0 Å². The zero-order valence-corrected chi connectivity index (χ0v) is 11.1. The Morgan fingerprint density at radius 2 is 2.16 bits per heavy atom. The first-order valence-electron chi connectivity index (χ1n) is 6.61. The highest BCUT2D eigenvalue weighted by molar-refractivity contribution is 5.94. The fourth-order valence-corrected chi connectivity index (χ4v) is 2.63. The van der Waals surface area contributed by atoms with Gasteiger partial charge >= 0.3 is 5.97 Å². The van der Waals surface area contributed by atoms with Gasteiger partial charge < -0.3 is 10.4 Å². The number of aliphatic carboxylic acids is 1. The van der Waals surface area contributed by atoms with Gasteiger partial charge in [-0.25, -0.2) is 0 Å². The highest BCUT2D eigenvalue weighted by Gasteiger charge is 2.42. The number of aryl methyl sites for hydroxylation is 1. The molecule has 0 atom stereocenters. The molecule has 0 unspecified atom stereocenters. The van der Waals surface area contributed by atoms with Gasteiger partial charge in [0, 0.05) is 19.2 Å². The molecule has 6 heteroatoms. The van der Waals surface area contributed by atoms with E-state index in [9.17, 15) is 14.7 Å². The molecule has 0 saturated heterocycles. The summed E-state index contributed by atoms with van der Waals surface area (Å²) in [7, 11) is 0. The van der Waals surface area contributed by atoms with E-state index in [4.69, 9.17) is 0 Å². The number of amides is 1. The van der Waals surface area contributed by atoms with Crippen molar-refractivity contribution in [1.29, 1.82) is 0 Å². The van der Waals surface area contributed by atoms with Crippen LogP contribution in [0.25, 0.3) is 0 Å². The van der Waals surface area contributed by atoms with Crippen LogP contribution in [0.4, 0.5) is 5.69 Å². The number of hydrogen-bond acceptors (Lipinski definition) is 3. The third kappa shape index (κ3) is 2.94. The van der Waals surface area contributed by atoms with Crippen LogP contribution >= 0.6 is 0 Å². The summed E-state index contributed by atoms with van der Waals surface area (Å²) in [5.41, 5.74) is -0.254. The highest BCUT2D eigenvalue weighted by atomic mass is 16.4. The minimum atomic E-state index is -0.870. The predicted octanol–water partition coefficient (Wildman–Crippen LogP) is 1.88. The van der Waals surface area contributed by atoms with Crippen molar-refractivity contribution in [2.45, 2.75) is 45.6 Å². The Morgan fingerprint density at radius 3 is 2.68 bits per heavy atom. The molecule has 1 aliphatic rings. The number of rotatable bonds is 5. The van der Waals surface area contributed by atoms with Crippen LogP contribution in [0.15, 0.2) is 12.4 Å². The molecule has 1 aliphatic carbocycles. The van der Waals surface area contributed by atoms with Crippen LogP contribution in [-0.2, 0) is 16.1 Å². The predicted molar refractivity (Wildman–Crippen MR) is 69.7 cm³/mol. The smallest absolute Gasteiger partial charge is 0.310 e. The fraction of sp³-hybridized carbons (Fsp3) is 0.615. The summed E-state index contributed by atoms with van der Waals surface area (Å²) in [4.78, 5) is 23.3. The maximum absolute atomic E-state index is 12.0. The average molecular weight is 265 g/mol. The molecule has 1 aromatic heterocycles. The van der Waals surface area contributed by atoms with Gasteiger partial charge in [0.1, 0.15) is 0 Å². The second-order valence-corrected chi connectivity index (χ2v) is 5.10. The molecule has 0 bridgehead atoms. The summed E-state index contributed by atoms with van der Waals surface area (Å²) >= 11 is 0. The van der Waals surface area contributed by atoms with E-state index in [1.165, 1.54) is 0 Å². The number of carbonyl (C=O) groups excluding carboxylic acids is 1. The van der Waals surface area contributed by atoms with Gasteiger partial charge in [-0.3, -0.25) is 14.3 Å². The number of carbonyl (C=O) groups is 2. The van der Waals surface area contributed by atoms with Crippen molar-refractivity contribution in [3.8, 4) is 0 Å². The Labute approximate surface area is 111 Å². The molecule has 2 N–H and O–H groups in total. The van der Waals surface area contributed by atoms with Crippen molar-refractivity contribution in [3.63, 3.8) is 0 Å². The Morgan fingerprint density at radius 1 is 1.47 bits per heavy atom. The third-order valence-electron chi connectivity index (χ3n) is 3.75. The maximum atomic E-state index is 12.0. The molecule has 1 aromatic rings. The van der Waals surface area contributed by atoms with Crippen LogP contribution < -0.4 is 5.32 Å². The Kier molecular flexibility index (Phi) is 3.87. The van der Waals surface area contributed by atoms with Crippen molar-refractivity contribution in [2.24, 2.45) is 5.41 Å². The lowest BCUT2D eigenvalue weighted by Gasteiger charge is -2.22. The quantitative estimate of drug-likeness (QED) is 0.851. The molecule has 0 radical (unpaired) electrons. The van der Waals surface area contributed by atoms with Crippen molar-refractivity contribution in [3.05, 3.63) is 12.4 Å². The third-order valence-corrected chi connectivity index (χ3v) is 3.75. The lowest BCUT2D eigenvalue weighted by molar-refractivity contribution is -0.150. The van der Waals surface area contributed by atoms with Crippen LogP contribution in [0.3, 0.4) is 0 Å². The van der Waals surface area contributed by atoms with Gasteiger partial charge in [0.25, 0.3) is 0 Å². The number of carboxylic acids is 1. The molecular formula is C13H19N3O3. The van der Waals surface area contributed by atoms with E-state index in [2.05, 4.69) is 10.4 Å². The number of hydrogen-bond donors (Lipinski definition) is 2. The molecule has 19 heavy (non-hydrogen) atoms.